The summed E-state index contributed by atoms with van der Waals surface area (Å²) in [5.41, 5.74) is 2.19. The summed E-state index contributed by atoms with van der Waals surface area (Å²) < 4.78 is 49.4. The van der Waals surface area contributed by atoms with Crippen molar-refractivity contribution in [3.63, 3.8) is 0 Å². The number of aromatic nitrogens is 2. The van der Waals surface area contributed by atoms with Crippen LogP contribution in [0.3, 0.4) is 0 Å². The Bertz CT molecular complexity index is 2770. The molecule has 4 aromatic rings. The monoisotopic (exact) mass is 1130 g/mol. The smallest absolute Gasteiger partial charge is 0.338 e. The molecule has 26 heteroatoms. The minimum Gasteiger partial charge on any atom is -0.481 e. The molecule has 0 saturated carbocycles. The van der Waals surface area contributed by atoms with E-state index >= 15 is 0 Å². The largest absolute Gasteiger partial charge is 0.481 e. The first-order valence-corrected chi connectivity index (χ1v) is 26.5. The van der Waals surface area contributed by atoms with Crippen molar-refractivity contribution >= 4 is 81.4 Å². The first-order chi connectivity index (χ1) is 36.5. The van der Waals surface area contributed by atoms with Crippen LogP contribution in [0.2, 0.25) is 10.0 Å². The number of aliphatic carboxylic acids is 2. The van der Waals surface area contributed by atoms with Gasteiger partial charge in [-0.3, -0.25) is 29.4 Å². The Balaban J connectivity index is 0.000000186. The predicted octanol–water partition coefficient (Wildman–Crippen LogP) is 4.76. The molecular formula is C50H52Cl2F2N8O12S2. The summed E-state index contributed by atoms with van der Waals surface area (Å²) in [5, 5.41) is 52.2. The van der Waals surface area contributed by atoms with E-state index in [1.54, 1.807) is 23.2 Å². The van der Waals surface area contributed by atoms with E-state index in [2.05, 4.69) is 20.6 Å². The zero-order valence-corrected chi connectivity index (χ0v) is 43.8. The predicted molar refractivity (Wildman–Crippen MR) is 273 cm³/mol. The van der Waals surface area contributed by atoms with Crippen LogP contribution in [0.4, 0.5) is 8.78 Å². The number of halogens is 4. The molecule has 6 aliphatic heterocycles. The highest BCUT2D eigenvalue weighted by Gasteiger charge is 2.49. The first kappa shape index (κ1) is 55.0. The molecule has 10 atom stereocenters. The zero-order chi connectivity index (χ0) is 53.9. The van der Waals surface area contributed by atoms with Gasteiger partial charge in [-0.25, -0.2) is 28.3 Å². The third kappa shape index (κ3) is 11.7. The number of carbonyl (C=O) groups excluding carboxylic acids is 2. The van der Waals surface area contributed by atoms with E-state index in [0.717, 1.165) is 12.1 Å². The Kier molecular flexibility index (Phi) is 17.2. The number of hydrogen-bond acceptors (Lipinski definition) is 20. The van der Waals surface area contributed by atoms with Crippen molar-refractivity contribution in [2.24, 2.45) is 21.8 Å². The molecule has 8 heterocycles. The summed E-state index contributed by atoms with van der Waals surface area (Å²) in [7, 11) is 2.53. The fourth-order valence-corrected chi connectivity index (χ4v) is 12.5. The lowest BCUT2D eigenvalue weighted by atomic mass is 9.80. The van der Waals surface area contributed by atoms with Crippen LogP contribution in [0.25, 0.3) is 0 Å². The zero-order valence-electron chi connectivity index (χ0n) is 40.7. The minimum absolute atomic E-state index is 0.107. The summed E-state index contributed by atoms with van der Waals surface area (Å²) in [6, 6.07) is 4.69. The number of piperidine rings is 2. The molecular weight excluding hydrogens is 1080 g/mol. The molecule has 20 nitrogen and oxygen atoms in total. The van der Waals surface area contributed by atoms with Gasteiger partial charge in [-0.2, -0.15) is 0 Å². The summed E-state index contributed by atoms with van der Waals surface area (Å²) in [6.07, 6.45) is 1.98. The molecule has 10 rings (SSSR count). The number of carboxylic acids is 2. The number of esters is 2. The topological polar surface area (TPSA) is 267 Å². The van der Waals surface area contributed by atoms with E-state index in [9.17, 15) is 48.4 Å². The van der Waals surface area contributed by atoms with Crippen molar-refractivity contribution in [1.29, 1.82) is 0 Å². The van der Waals surface area contributed by atoms with Crippen LogP contribution in [0.5, 0.6) is 0 Å². The number of hydrogen-bond donors (Lipinski definition) is 6. The van der Waals surface area contributed by atoms with E-state index in [1.165, 1.54) is 61.2 Å². The van der Waals surface area contributed by atoms with Crippen LogP contribution in [-0.4, -0.2) is 166 Å². The van der Waals surface area contributed by atoms with Gasteiger partial charge in [0.05, 0.1) is 88.9 Å². The Morgan fingerprint density at radius 1 is 0.684 bits per heavy atom. The van der Waals surface area contributed by atoms with Gasteiger partial charge < -0.3 is 50.0 Å². The van der Waals surface area contributed by atoms with Crippen molar-refractivity contribution in [2.75, 3.05) is 53.7 Å². The maximum Gasteiger partial charge on any atom is 0.338 e. The SMILES string of the molecule is COC(=O)C1=C(CN2C3COCC2C(O)[C@@H](CC(=O)O)C3)NC(c2nccs2)=N[C@H]1c1ccc(F)cc1Cl.COC(=O)C1=C(CN2C3COCC2C(O)[C@H](CC(=O)O)C3)NC(c2nccs2)=N[C@H]1c1ccc(F)cc1Cl. The van der Waals surface area contributed by atoms with Crippen molar-refractivity contribution in [2.45, 2.75) is 74.1 Å². The molecule has 2 aromatic heterocycles. The average molecular weight is 1130 g/mol. The van der Waals surface area contributed by atoms with Gasteiger partial charge in [0.25, 0.3) is 0 Å². The fraction of sp³-hybridized carbons (Fsp3) is 0.440. The number of carbonyl (C=O) groups is 4. The number of ether oxygens (including phenoxy) is 4. The van der Waals surface area contributed by atoms with Gasteiger partial charge in [-0.15, -0.1) is 22.7 Å². The average Bonchev–Trinajstić information content (AvgIpc) is 4.15. The van der Waals surface area contributed by atoms with Gasteiger partial charge in [0, 0.05) is 80.9 Å². The number of aliphatic imine (C=N–C) groups is 2. The third-order valence-electron chi connectivity index (χ3n) is 14.3. The molecule has 4 fully saturated rings. The molecule has 0 aliphatic carbocycles. The fourth-order valence-electron chi connectivity index (χ4n) is 10.8. The van der Waals surface area contributed by atoms with Crippen LogP contribution >= 0.6 is 45.9 Å². The lowest BCUT2D eigenvalue weighted by Gasteiger charge is -2.51. The Morgan fingerprint density at radius 3 is 1.43 bits per heavy atom. The highest BCUT2D eigenvalue weighted by atomic mass is 35.5. The summed E-state index contributed by atoms with van der Waals surface area (Å²) >= 11 is 15.5. The summed E-state index contributed by atoms with van der Waals surface area (Å²) in [5.74, 6) is -4.23. The second kappa shape index (κ2) is 23.8. The van der Waals surface area contributed by atoms with Gasteiger partial charge in [-0.05, 0) is 48.9 Å². The number of fused-ring (bicyclic) bond motifs is 4. The van der Waals surface area contributed by atoms with E-state index in [4.69, 9.17) is 52.1 Å². The quantitative estimate of drug-likeness (QED) is 0.0930. The van der Waals surface area contributed by atoms with E-state index in [0.29, 0.717) is 70.3 Å². The maximum atomic E-state index is 13.9. The van der Waals surface area contributed by atoms with Crippen molar-refractivity contribution in [1.82, 2.24) is 30.4 Å². The standard InChI is InChI=1S/2C25H26ClFN4O6S/c2*1-36-25(35)20-17(9-31-14-6-12(7-19(32)33)22(34)18(31)11-37-10-14)29-23(24-28-4-5-38-24)30-21(20)15-3-2-13(27)8-16(15)26/h2*2-5,8,12,14,18,21-22,34H,6-7,9-11H2,1H3,(H,29,30)(H,32,33)/t12-,14?,18?,21+,22?;12-,14?,18?,21-,22?/m10/s1. The highest BCUT2D eigenvalue weighted by molar-refractivity contribution is 7.12. The number of thiazole rings is 2. The van der Waals surface area contributed by atoms with Gasteiger partial charge in [-0.1, -0.05) is 35.3 Å². The number of aliphatic hydroxyl groups is 2. The molecule has 6 N–H and O–H groups in total. The van der Waals surface area contributed by atoms with Gasteiger partial charge in [0.1, 0.15) is 23.7 Å². The van der Waals surface area contributed by atoms with Crippen LogP contribution in [0, 0.1) is 23.5 Å². The lowest BCUT2D eigenvalue weighted by molar-refractivity contribution is -0.155. The van der Waals surface area contributed by atoms with Crippen molar-refractivity contribution < 1.29 is 67.3 Å². The van der Waals surface area contributed by atoms with Gasteiger partial charge >= 0.3 is 23.9 Å². The molecule has 0 spiro atoms. The van der Waals surface area contributed by atoms with E-state index in [-0.39, 0.29) is 72.4 Å². The van der Waals surface area contributed by atoms with Crippen LogP contribution in [0.15, 0.2) is 92.1 Å². The maximum absolute atomic E-state index is 13.9. The Hall–Kier alpha value is -5.80. The molecule has 76 heavy (non-hydrogen) atoms. The number of rotatable bonds is 14. The number of benzene rings is 2. The lowest BCUT2D eigenvalue weighted by Crippen LogP contribution is -2.64. The molecule has 4 bridgehead atoms. The number of aliphatic hydroxyl groups excluding tert-OH is 2. The van der Waals surface area contributed by atoms with E-state index < -0.39 is 83.7 Å². The molecule has 6 aliphatic rings. The Morgan fingerprint density at radius 2 is 1.09 bits per heavy atom. The normalized spacial score (nSPS) is 27.5. The number of nitrogens with zero attached hydrogens (tertiary/aromatic N) is 6. The minimum atomic E-state index is -0.963. The second-order valence-electron chi connectivity index (χ2n) is 18.8. The summed E-state index contributed by atoms with van der Waals surface area (Å²) in [4.78, 5) is 71.4. The highest BCUT2D eigenvalue weighted by Crippen LogP contribution is 2.42. The summed E-state index contributed by atoms with van der Waals surface area (Å²) in [6.45, 7) is 1.55. The van der Waals surface area contributed by atoms with Crippen molar-refractivity contribution in [3.05, 3.63) is 125 Å². The molecule has 404 valence electrons. The molecule has 2 aromatic carbocycles. The van der Waals surface area contributed by atoms with Crippen LogP contribution in [-0.2, 0) is 38.1 Å². The number of nitrogens with one attached hydrogen (secondary N) is 2. The van der Waals surface area contributed by atoms with Gasteiger partial charge in [0.15, 0.2) is 21.7 Å². The van der Waals surface area contributed by atoms with Crippen LogP contribution < -0.4 is 10.6 Å². The second-order valence-corrected chi connectivity index (χ2v) is 21.4. The van der Waals surface area contributed by atoms with Crippen LogP contribution in [0.1, 0.15) is 58.9 Å². The van der Waals surface area contributed by atoms with E-state index in [1.807, 2.05) is 9.80 Å². The Labute approximate surface area is 451 Å². The number of methoxy groups -OCH3 is 2. The number of amidine groups is 2. The molecule has 4 saturated heterocycles. The first-order valence-electron chi connectivity index (χ1n) is 24.0. The van der Waals surface area contributed by atoms with Crippen molar-refractivity contribution in [3.8, 4) is 0 Å². The molecule has 0 amide bonds. The number of carboxylic acid groups (broad SMARTS) is 2. The van der Waals surface area contributed by atoms with Gasteiger partial charge in [0.2, 0.25) is 0 Å². The molecule has 0 radical (unpaired) electrons. The number of morpholine rings is 2. The molecule has 6 unspecified atom stereocenters. The third-order valence-corrected chi connectivity index (χ3v) is 16.5.